The molecule has 0 aliphatic heterocycles. The largest absolute Gasteiger partial charge is 0.385 e. The number of nitrogens with one attached hydrogen (secondary N) is 1. The van der Waals surface area contributed by atoms with Crippen molar-refractivity contribution in [2.75, 3.05) is 18.1 Å². The zero-order valence-corrected chi connectivity index (χ0v) is 9.36. The summed E-state index contributed by atoms with van der Waals surface area (Å²) in [7, 11) is 0. The van der Waals surface area contributed by atoms with Crippen LogP contribution in [0.2, 0.25) is 0 Å². The highest BCUT2D eigenvalue weighted by atomic mass is 32.2. The molecule has 2 nitrogen and oxygen atoms in total. The van der Waals surface area contributed by atoms with Gasteiger partial charge in [0.2, 0.25) is 0 Å². The molecule has 1 N–H and O–H groups in total. The summed E-state index contributed by atoms with van der Waals surface area (Å²) < 4.78 is 0. The van der Waals surface area contributed by atoms with Gasteiger partial charge in [-0.25, -0.2) is 0 Å². The number of hydrogen-bond acceptors (Lipinski definition) is 3. The summed E-state index contributed by atoms with van der Waals surface area (Å²) >= 11 is 1.72. The Hall–Kier alpha value is -0.960. The highest BCUT2D eigenvalue weighted by Crippen LogP contribution is 2.17. The van der Waals surface area contributed by atoms with Crippen molar-refractivity contribution >= 4 is 23.2 Å². The molecule has 14 heavy (non-hydrogen) atoms. The fourth-order valence-corrected chi connectivity index (χ4v) is 1.50. The van der Waals surface area contributed by atoms with Gasteiger partial charge >= 0.3 is 0 Å². The molecule has 3 heteroatoms. The molecule has 0 saturated carbocycles. The lowest BCUT2D eigenvalue weighted by atomic mass is 10.3. The number of ketones is 1. The minimum Gasteiger partial charge on any atom is -0.385 e. The monoisotopic (exact) mass is 209 g/mol. The van der Waals surface area contributed by atoms with Crippen molar-refractivity contribution in [1.29, 1.82) is 0 Å². The molecule has 0 atom stereocenters. The number of rotatable bonds is 5. The summed E-state index contributed by atoms with van der Waals surface area (Å²) in [6, 6.07) is 8.21. The van der Waals surface area contributed by atoms with Crippen molar-refractivity contribution in [2.45, 2.75) is 18.2 Å². The molecule has 0 heterocycles. The summed E-state index contributed by atoms with van der Waals surface area (Å²) in [5.41, 5.74) is 1.07. The molecule has 0 unspecified atom stereocenters. The molecular formula is C11H15NOS. The molecule has 1 aromatic rings. The second-order valence-electron chi connectivity index (χ2n) is 3.11. The van der Waals surface area contributed by atoms with E-state index in [1.807, 2.05) is 12.1 Å². The van der Waals surface area contributed by atoms with E-state index in [9.17, 15) is 4.79 Å². The number of carbonyl (C=O) groups is 1. The van der Waals surface area contributed by atoms with Crippen LogP contribution in [0.1, 0.15) is 13.3 Å². The summed E-state index contributed by atoms with van der Waals surface area (Å²) in [4.78, 5) is 11.9. The number of carbonyl (C=O) groups excluding carboxylic acids is 1. The second-order valence-corrected chi connectivity index (χ2v) is 3.99. The van der Waals surface area contributed by atoms with E-state index in [4.69, 9.17) is 0 Å². The Balaban J connectivity index is 2.40. The van der Waals surface area contributed by atoms with Crippen LogP contribution in [0, 0.1) is 0 Å². The lowest BCUT2D eigenvalue weighted by Crippen LogP contribution is -2.05. The van der Waals surface area contributed by atoms with Crippen molar-refractivity contribution in [2.24, 2.45) is 0 Å². The van der Waals surface area contributed by atoms with Gasteiger partial charge in [-0.1, -0.05) is 0 Å². The molecule has 0 aliphatic rings. The summed E-state index contributed by atoms with van der Waals surface area (Å²) in [5.74, 6) is 0.221. The molecule has 0 aromatic heterocycles. The fraction of sp³-hybridized carbons (Fsp3) is 0.364. The van der Waals surface area contributed by atoms with Crippen LogP contribution in [0.4, 0.5) is 5.69 Å². The third kappa shape index (κ3) is 3.83. The first-order valence-corrected chi connectivity index (χ1v) is 5.82. The standard InChI is InChI=1S/C11H15NOS/c1-9(13)7-8-12-10-3-5-11(14-2)6-4-10/h3-6,12H,7-8H2,1-2H3. The SMILES string of the molecule is CSc1ccc(NCCC(C)=O)cc1. The summed E-state index contributed by atoms with van der Waals surface area (Å²) in [6.07, 6.45) is 2.64. The maximum absolute atomic E-state index is 10.7. The Kier molecular flexibility index (Phi) is 4.53. The van der Waals surface area contributed by atoms with E-state index in [2.05, 4.69) is 23.7 Å². The molecule has 0 saturated heterocycles. The Morgan fingerprint density at radius 1 is 1.36 bits per heavy atom. The van der Waals surface area contributed by atoms with E-state index in [0.717, 1.165) is 5.69 Å². The zero-order valence-electron chi connectivity index (χ0n) is 8.54. The first kappa shape index (κ1) is 11.1. The normalized spacial score (nSPS) is 9.86. The molecule has 76 valence electrons. The highest BCUT2D eigenvalue weighted by Gasteiger charge is 1.94. The van der Waals surface area contributed by atoms with Crippen LogP contribution < -0.4 is 5.32 Å². The van der Waals surface area contributed by atoms with E-state index < -0.39 is 0 Å². The third-order valence-electron chi connectivity index (χ3n) is 1.90. The second kappa shape index (κ2) is 5.70. The molecule has 0 spiro atoms. The van der Waals surface area contributed by atoms with E-state index >= 15 is 0 Å². The highest BCUT2D eigenvalue weighted by molar-refractivity contribution is 7.98. The maximum atomic E-state index is 10.7. The van der Waals surface area contributed by atoms with Gasteiger partial charge in [0.15, 0.2) is 0 Å². The molecule has 0 amide bonds. The van der Waals surface area contributed by atoms with Gasteiger partial charge in [0, 0.05) is 23.5 Å². The summed E-state index contributed by atoms with van der Waals surface area (Å²) in [6.45, 7) is 2.33. The van der Waals surface area contributed by atoms with Crippen LogP contribution in [0.25, 0.3) is 0 Å². The molecule has 0 fully saturated rings. The quantitative estimate of drug-likeness (QED) is 0.756. The van der Waals surface area contributed by atoms with E-state index in [-0.39, 0.29) is 5.78 Å². The topological polar surface area (TPSA) is 29.1 Å². The van der Waals surface area contributed by atoms with E-state index in [1.54, 1.807) is 18.7 Å². The Morgan fingerprint density at radius 2 is 2.00 bits per heavy atom. The number of Topliss-reactive ketones (excluding diaryl/α,β-unsaturated/α-hetero) is 1. The third-order valence-corrected chi connectivity index (χ3v) is 2.64. The van der Waals surface area contributed by atoms with Crippen LogP contribution in [-0.4, -0.2) is 18.6 Å². The molecule has 1 aromatic carbocycles. The predicted molar refractivity (Wildman–Crippen MR) is 62.0 cm³/mol. The zero-order chi connectivity index (χ0) is 10.4. The lowest BCUT2D eigenvalue weighted by molar-refractivity contribution is -0.116. The van der Waals surface area contributed by atoms with Crippen LogP contribution in [0.15, 0.2) is 29.2 Å². The molecular weight excluding hydrogens is 194 g/mol. The molecule has 0 bridgehead atoms. The first-order chi connectivity index (χ1) is 6.72. The van der Waals surface area contributed by atoms with Gasteiger partial charge in [0.25, 0.3) is 0 Å². The van der Waals surface area contributed by atoms with Gasteiger partial charge < -0.3 is 5.32 Å². The first-order valence-electron chi connectivity index (χ1n) is 4.59. The van der Waals surface area contributed by atoms with Gasteiger partial charge in [-0.3, -0.25) is 4.79 Å². The number of hydrogen-bond donors (Lipinski definition) is 1. The maximum Gasteiger partial charge on any atom is 0.131 e. The smallest absolute Gasteiger partial charge is 0.131 e. The molecule has 0 aliphatic carbocycles. The predicted octanol–water partition coefficient (Wildman–Crippen LogP) is 2.80. The lowest BCUT2D eigenvalue weighted by Gasteiger charge is -2.05. The minimum atomic E-state index is 0.221. The van der Waals surface area contributed by atoms with Gasteiger partial charge in [0.1, 0.15) is 5.78 Å². The Bertz CT molecular complexity index is 295. The van der Waals surface area contributed by atoms with Crippen molar-refractivity contribution in [3.8, 4) is 0 Å². The number of thioether (sulfide) groups is 1. The average Bonchev–Trinajstić information content (AvgIpc) is 2.18. The molecule has 0 radical (unpaired) electrons. The molecule has 1 rings (SSSR count). The van der Waals surface area contributed by atoms with Crippen LogP contribution in [0.5, 0.6) is 0 Å². The van der Waals surface area contributed by atoms with Crippen LogP contribution in [0.3, 0.4) is 0 Å². The minimum absolute atomic E-state index is 0.221. The van der Waals surface area contributed by atoms with Gasteiger partial charge in [0.05, 0.1) is 0 Å². The van der Waals surface area contributed by atoms with Gasteiger partial charge in [-0.15, -0.1) is 11.8 Å². The average molecular weight is 209 g/mol. The summed E-state index contributed by atoms with van der Waals surface area (Å²) in [5, 5.41) is 3.20. The van der Waals surface area contributed by atoms with Crippen LogP contribution >= 0.6 is 11.8 Å². The number of anilines is 1. The van der Waals surface area contributed by atoms with E-state index in [0.29, 0.717) is 13.0 Å². The van der Waals surface area contributed by atoms with E-state index in [1.165, 1.54) is 4.90 Å². The van der Waals surface area contributed by atoms with Crippen molar-refractivity contribution in [1.82, 2.24) is 0 Å². The van der Waals surface area contributed by atoms with Crippen LogP contribution in [-0.2, 0) is 4.79 Å². The Morgan fingerprint density at radius 3 is 2.50 bits per heavy atom. The van der Waals surface area contributed by atoms with Gasteiger partial charge in [-0.2, -0.15) is 0 Å². The Labute approximate surface area is 89.1 Å². The number of benzene rings is 1. The van der Waals surface area contributed by atoms with Gasteiger partial charge in [-0.05, 0) is 37.4 Å². The van der Waals surface area contributed by atoms with Crippen molar-refractivity contribution in [3.63, 3.8) is 0 Å². The van der Waals surface area contributed by atoms with Crippen molar-refractivity contribution in [3.05, 3.63) is 24.3 Å². The van der Waals surface area contributed by atoms with Crippen molar-refractivity contribution < 1.29 is 4.79 Å². The fourth-order valence-electron chi connectivity index (χ4n) is 1.09.